The van der Waals surface area contributed by atoms with Crippen molar-refractivity contribution in [2.45, 2.75) is 72.7 Å². The number of carboxylic acid groups (broad SMARTS) is 1. The number of methoxy groups -OCH3 is 1. The van der Waals surface area contributed by atoms with E-state index in [0.717, 1.165) is 48.5 Å². The summed E-state index contributed by atoms with van der Waals surface area (Å²) in [5, 5.41) is 10.3. The Labute approximate surface area is 237 Å². The number of rotatable bonds is 9. The molecule has 0 bridgehead atoms. The summed E-state index contributed by atoms with van der Waals surface area (Å²) in [6.45, 7) is 14.0. The van der Waals surface area contributed by atoms with Gasteiger partial charge in [-0.1, -0.05) is 26.0 Å². The molecule has 1 saturated heterocycles. The van der Waals surface area contributed by atoms with E-state index in [4.69, 9.17) is 19.2 Å². The van der Waals surface area contributed by atoms with Crippen molar-refractivity contribution in [3.63, 3.8) is 0 Å². The second kappa shape index (κ2) is 11.8. The van der Waals surface area contributed by atoms with Crippen LogP contribution in [0.4, 0.5) is 5.69 Å². The number of ether oxygens (including phenoxy) is 3. The standard InChI is InChI=1S/C32H41N3O5/c1-21-27(29(30(36)37)40-31(2,3)4)28(35-15-13-32(5,6)14-16-35)25(19-33-21)26-12-11-24(18-34-26)39-20-22-9-8-10-23(17-22)38-7/h8-12,17-19,29H,13-16,20H2,1-7H3,(H,36,37). The van der Waals surface area contributed by atoms with Crippen LogP contribution in [0.2, 0.25) is 0 Å². The maximum atomic E-state index is 12.6. The van der Waals surface area contributed by atoms with Crippen LogP contribution in [0.1, 0.15) is 70.4 Å². The lowest BCUT2D eigenvalue weighted by molar-refractivity contribution is -0.160. The van der Waals surface area contributed by atoms with Crippen LogP contribution in [-0.2, 0) is 16.1 Å². The molecule has 0 saturated carbocycles. The number of hydrogen-bond donors (Lipinski definition) is 1. The van der Waals surface area contributed by atoms with Crippen molar-refractivity contribution in [2.75, 3.05) is 25.1 Å². The van der Waals surface area contributed by atoms with E-state index in [1.54, 1.807) is 19.5 Å². The molecule has 4 rings (SSSR count). The second-order valence-corrected chi connectivity index (χ2v) is 12.1. The number of piperidine rings is 1. The molecule has 214 valence electrons. The molecule has 40 heavy (non-hydrogen) atoms. The molecular formula is C32H41N3O5. The summed E-state index contributed by atoms with van der Waals surface area (Å²) in [5.41, 5.74) is 4.09. The highest BCUT2D eigenvalue weighted by atomic mass is 16.5. The summed E-state index contributed by atoms with van der Waals surface area (Å²) in [4.78, 5) is 24.2. The Morgan fingerprint density at radius 2 is 1.80 bits per heavy atom. The molecule has 1 fully saturated rings. The van der Waals surface area contributed by atoms with Gasteiger partial charge in [0.2, 0.25) is 0 Å². The van der Waals surface area contributed by atoms with Gasteiger partial charge in [0.15, 0.2) is 6.10 Å². The lowest BCUT2D eigenvalue weighted by Crippen LogP contribution is -2.39. The molecule has 1 atom stereocenters. The van der Waals surface area contributed by atoms with Crippen molar-refractivity contribution in [2.24, 2.45) is 5.41 Å². The number of anilines is 1. The number of benzene rings is 1. The normalized spacial score (nSPS) is 15.9. The van der Waals surface area contributed by atoms with Crippen LogP contribution < -0.4 is 14.4 Å². The Kier molecular flexibility index (Phi) is 8.68. The average molecular weight is 548 g/mol. The van der Waals surface area contributed by atoms with E-state index in [2.05, 4.69) is 23.7 Å². The van der Waals surface area contributed by atoms with Crippen LogP contribution in [0.25, 0.3) is 11.3 Å². The van der Waals surface area contributed by atoms with Crippen molar-refractivity contribution < 1.29 is 24.1 Å². The highest BCUT2D eigenvalue weighted by Gasteiger charge is 2.36. The van der Waals surface area contributed by atoms with Crippen LogP contribution in [0.15, 0.2) is 48.8 Å². The first-order valence-electron chi connectivity index (χ1n) is 13.7. The Hall–Kier alpha value is -3.65. The van der Waals surface area contributed by atoms with E-state index in [1.807, 2.05) is 64.1 Å². The summed E-state index contributed by atoms with van der Waals surface area (Å²) < 4.78 is 17.4. The summed E-state index contributed by atoms with van der Waals surface area (Å²) in [6, 6.07) is 11.5. The second-order valence-electron chi connectivity index (χ2n) is 12.1. The number of carbonyl (C=O) groups is 1. The molecule has 8 heteroatoms. The smallest absolute Gasteiger partial charge is 0.337 e. The molecule has 0 amide bonds. The quantitative estimate of drug-likeness (QED) is 0.320. The minimum Gasteiger partial charge on any atom is -0.497 e. The molecule has 0 aliphatic carbocycles. The Bertz CT molecular complexity index is 1320. The maximum Gasteiger partial charge on any atom is 0.337 e. The Morgan fingerprint density at radius 1 is 1.07 bits per heavy atom. The lowest BCUT2D eigenvalue weighted by Gasteiger charge is -2.40. The molecule has 1 aliphatic rings. The minimum absolute atomic E-state index is 0.229. The molecule has 2 aromatic heterocycles. The number of aryl methyl sites for hydroxylation is 1. The van der Waals surface area contributed by atoms with Crippen molar-refractivity contribution >= 4 is 11.7 Å². The molecular weight excluding hydrogens is 506 g/mol. The van der Waals surface area contributed by atoms with Crippen LogP contribution >= 0.6 is 0 Å². The van der Waals surface area contributed by atoms with Gasteiger partial charge in [0.05, 0.1) is 30.3 Å². The number of aromatic nitrogens is 2. The summed E-state index contributed by atoms with van der Waals surface area (Å²) in [6.07, 6.45) is 4.31. The van der Waals surface area contributed by atoms with Gasteiger partial charge in [0.25, 0.3) is 0 Å². The van der Waals surface area contributed by atoms with E-state index in [-0.39, 0.29) is 5.41 Å². The summed E-state index contributed by atoms with van der Waals surface area (Å²) >= 11 is 0. The van der Waals surface area contributed by atoms with E-state index in [0.29, 0.717) is 29.3 Å². The molecule has 3 heterocycles. The molecule has 0 radical (unpaired) electrons. The van der Waals surface area contributed by atoms with Gasteiger partial charge in [0.1, 0.15) is 18.1 Å². The zero-order valence-electron chi connectivity index (χ0n) is 24.7. The van der Waals surface area contributed by atoms with Gasteiger partial charge in [-0.2, -0.15) is 0 Å². The van der Waals surface area contributed by atoms with Crippen LogP contribution in [0.3, 0.4) is 0 Å². The van der Waals surface area contributed by atoms with E-state index >= 15 is 0 Å². The van der Waals surface area contributed by atoms with Crippen LogP contribution in [0.5, 0.6) is 11.5 Å². The van der Waals surface area contributed by atoms with Crippen LogP contribution in [-0.4, -0.2) is 46.8 Å². The topological polar surface area (TPSA) is 94.0 Å². The average Bonchev–Trinajstić information content (AvgIpc) is 2.90. The predicted molar refractivity (Wildman–Crippen MR) is 156 cm³/mol. The van der Waals surface area contributed by atoms with E-state index < -0.39 is 17.7 Å². The van der Waals surface area contributed by atoms with Gasteiger partial charge in [-0.25, -0.2) is 4.79 Å². The highest BCUT2D eigenvalue weighted by Crippen LogP contribution is 2.43. The van der Waals surface area contributed by atoms with Gasteiger partial charge in [-0.3, -0.25) is 9.97 Å². The molecule has 1 aliphatic heterocycles. The number of nitrogens with zero attached hydrogens (tertiary/aromatic N) is 3. The van der Waals surface area contributed by atoms with Gasteiger partial charge in [0, 0.05) is 36.1 Å². The van der Waals surface area contributed by atoms with Crippen molar-refractivity contribution in [3.8, 4) is 22.8 Å². The zero-order chi connectivity index (χ0) is 29.1. The third-order valence-electron chi connectivity index (χ3n) is 7.23. The number of pyridine rings is 2. The molecule has 0 spiro atoms. The molecule has 1 aromatic carbocycles. The van der Waals surface area contributed by atoms with Gasteiger partial charge < -0.3 is 24.2 Å². The van der Waals surface area contributed by atoms with E-state index in [9.17, 15) is 9.90 Å². The summed E-state index contributed by atoms with van der Waals surface area (Å²) in [7, 11) is 1.64. The lowest BCUT2D eigenvalue weighted by atomic mass is 9.82. The first kappa shape index (κ1) is 29.3. The monoisotopic (exact) mass is 547 g/mol. The van der Waals surface area contributed by atoms with Crippen molar-refractivity contribution in [1.29, 1.82) is 0 Å². The minimum atomic E-state index is -1.16. The fourth-order valence-corrected chi connectivity index (χ4v) is 4.93. The van der Waals surface area contributed by atoms with Crippen molar-refractivity contribution in [1.82, 2.24) is 9.97 Å². The fraction of sp³-hybridized carbons (Fsp3) is 0.469. The number of carboxylic acids is 1. The van der Waals surface area contributed by atoms with Gasteiger partial charge in [-0.05, 0) is 75.8 Å². The number of hydrogen-bond acceptors (Lipinski definition) is 7. The van der Waals surface area contributed by atoms with E-state index in [1.165, 1.54) is 0 Å². The molecule has 1 N–H and O–H groups in total. The molecule has 3 aromatic rings. The third-order valence-corrected chi connectivity index (χ3v) is 7.23. The SMILES string of the molecule is COc1cccc(COc2ccc(-c3cnc(C)c(C(OC(C)(C)C)C(=O)O)c3N3CCC(C)(C)CC3)nc2)c1. The third kappa shape index (κ3) is 7.10. The molecule has 8 nitrogen and oxygen atoms in total. The first-order valence-corrected chi connectivity index (χ1v) is 13.7. The van der Waals surface area contributed by atoms with Gasteiger partial charge in [-0.15, -0.1) is 0 Å². The van der Waals surface area contributed by atoms with Crippen molar-refractivity contribution in [3.05, 3.63) is 65.6 Å². The zero-order valence-corrected chi connectivity index (χ0v) is 24.7. The maximum absolute atomic E-state index is 12.6. The number of aliphatic carboxylic acids is 1. The predicted octanol–water partition coefficient (Wildman–Crippen LogP) is 6.61. The fourth-order valence-electron chi connectivity index (χ4n) is 4.93. The van der Waals surface area contributed by atoms with Gasteiger partial charge >= 0.3 is 5.97 Å². The largest absolute Gasteiger partial charge is 0.497 e. The Balaban J connectivity index is 1.71. The van der Waals surface area contributed by atoms with Crippen LogP contribution in [0, 0.1) is 12.3 Å². The molecule has 1 unspecified atom stereocenters. The Morgan fingerprint density at radius 3 is 2.40 bits per heavy atom. The summed E-state index contributed by atoms with van der Waals surface area (Å²) in [5.74, 6) is 0.374. The highest BCUT2D eigenvalue weighted by molar-refractivity contribution is 5.85. The first-order chi connectivity index (χ1) is 18.9.